The zero-order valence-electron chi connectivity index (χ0n) is 8.06. The highest BCUT2D eigenvalue weighted by Crippen LogP contribution is 2.34. The second kappa shape index (κ2) is 2.75. The third kappa shape index (κ3) is 1.62. The van der Waals surface area contributed by atoms with E-state index in [4.69, 9.17) is 0 Å². The molecular weight excluding hydrogens is 148 g/mol. The van der Waals surface area contributed by atoms with E-state index in [1.165, 1.54) is 37.8 Å². The monoisotopic (exact) mass is 166 g/mol. The molecular formula is C10H18N2. The normalized spacial score (nSPS) is 31.0. The summed E-state index contributed by atoms with van der Waals surface area (Å²) >= 11 is 0. The lowest BCUT2D eigenvalue weighted by Gasteiger charge is -2.17. The van der Waals surface area contributed by atoms with Crippen molar-refractivity contribution in [3.8, 4) is 0 Å². The summed E-state index contributed by atoms with van der Waals surface area (Å²) in [6.45, 7) is 4.60. The molecule has 0 unspecified atom stereocenters. The molecule has 0 bridgehead atoms. The van der Waals surface area contributed by atoms with Gasteiger partial charge in [0.05, 0.1) is 0 Å². The van der Waals surface area contributed by atoms with Gasteiger partial charge in [0.1, 0.15) is 0 Å². The lowest BCUT2D eigenvalue weighted by Crippen LogP contribution is -2.21. The first-order valence-corrected chi connectivity index (χ1v) is 5.01. The zero-order valence-corrected chi connectivity index (χ0v) is 8.06. The molecule has 0 spiro atoms. The van der Waals surface area contributed by atoms with Crippen molar-refractivity contribution in [2.75, 3.05) is 0 Å². The predicted molar refractivity (Wildman–Crippen MR) is 51.2 cm³/mol. The average molecular weight is 166 g/mol. The molecule has 2 nitrogen and oxygen atoms in total. The summed E-state index contributed by atoms with van der Waals surface area (Å²) in [4.78, 5) is 0. The molecule has 0 aromatic carbocycles. The van der Waals surface area contributed by atoms with Crippen molar-refractivity contribution in [3.63, 3.8) is 0 Å². The van der Waals surface area contributed by atoms with E-state index in [0.717, 1.165) is 0 Å². The van der Waals surface area contributed by atoms with E-state index in [1.807, 2.05) is 0 Å². The van der Waals surface area contributed by atoms with Crippen molar-refractivity contribution in [1.29, 1.82) is 0 Å². The van der Waals surface area contributed by atoms with Gasteiger partial charge in [-0.3, -0.25) is 0 Å². The number of hydrazone groups is 1. The fraction of sp³-hybridized carbons (Fsp3) is 0.900. The van der Waals surface area contributed by atoms with Crippen LogP contribution in [0.5, 0.6) is 0 Å². The SMILES string of the molecule is CC1(C)CCC/C1=N\NC1CC1. The van der Waals surface area contributed by atoms with Crippen LogP contribution in [0.15, 0.2) is 5.10 Å². The first kappa shape index (κ1) is 8.09. The summed E-state index contributed by atoms with van der Waals surface area (Å²) in [6, 6.07) is 0.703. The van der Waals surface area contributed by atoms with Crippen molar-refractivity contribution >= 4 is 5.71 Å². The van der Waals surface area contributed by atoms with Crippen molar-refractivity contribution in [2.45, 2.75) is 52.0 Å². The lowest BCUT2D eigenvalue weighted by atomic mass is 9.90. The number of hydrogen-bond donors (Lipinski definition) is 1. The Kier molecular flexibility index (Phi) is 1.85. The quantitative estimate of drug-likeness (QED) is 0.625. The molecule has 0 aliphatic heterocycles. The smallest absolute Gasteiger partial charge is 0.0441 e. The van der Waals surface area contributed by atoms with Crippen molar-refractivity contribution in [1.82, 2.24) is 5.43 Å². The van der Waals surface area contributed by atoms with Crippen LogP contribution in [0.4, 0.5) is 0 Å². The van der Waals surface area contributed by atoms with Gasteiger partial charge in [0.25, 0.3) is 0 Å². The van der Waals surface area contributed by atoms with Crippen LogP contribution in [0.2, 0.25) is 0 Å². The minimum Gasteiger partial charge on any atom is -0.307 e. The molecule has 68 valence electrons. The van der Waals surface area contributed by atoms with Crippen LogP contribution in [0.25, 0.3) is 0 Å². The van der Waals surface area contributed by atoms with Gasteiger partial charge in [-0.2, -0.15) is 5.10 Å². The van der Waals surface area contributed by atoms with Gasteiger partial charge in [-0.15, -0.1) is 0 Å². The number of nitrogens with zero attached hydrogens (tertiary/aromatic N) is 1. The molecule has 0 saturated heterocycles. The zero-order chi connectivity index (χ0) is 8.60. The summed E-state index contributed by atoms with van der Waals surface area (Å²) < 4.78 is 0. The van der Waals surface area contributed by atoms with Crippen LogP contribution < -0.4 is 5.43 Å². The van der Waals surface area contributed by atoms with Gasteiger partial charge in [0.15, 0.2) is 0 Å². The Morgan fingerprint density at radius 1 is 1.42 bits per heavy atom. The van der Waals surface area contributed by atoms with Crippen LogP contribution in [0.3, 0.4) is 0 Å². The van der Waals surface area contributed by atoms with E-state index in [1.54, 1.807) is 0 Å². The number of hydrogen-bond acceptors (Lipinski definition) is 2. The largest absolute Gasteiger partial charge is 0.307 e. The standard InChI is InChI=1S/C10H18N2/c1-10(2)7-3-4-9(10)12-11-8-5-6-8/h8,11H,3-7H2,1-2H3/b12-9+. The summed E-state index contributed by atoms with van der Waals surface area (Å²) in [5, 5.41) is 4.50. The Balaban J connectivity index is 1.95. The summed E-state index contributed by atoms with van der Waals surface area (Å²) in [6.07, 6.45) is 6.46. The van der Waals surface area contributed by atoms with Crippen molar-refractivity contribution < 1.29 is 0 Å². The molecule has 2 heteroatoms. The summed E-state index contributed by atoms with van der Waals surface area (Å²) in [5.74, 6) is 0. The maximum absolute atomic E-state index is 4.50. The van der Waals surface area contributed by atoms with E-state index in [2.05, 4.69) is 24.4 Å². The van der Waals surface area contributed by atoms with Gasteiger partial charge in [-0.1, -0.05) is 13.8 Å². The van der Waals surface area contributed by atoms with Crippen LogP contribution in [-0.4, -0.2) is 11.8 Å². The molecule has 0 aromatic heterocycles. The fourth-order valence-corrected chi connectivity index (χ4v) is 1.77. The Labute approximate surface area is 74.4 Å². The van der Waals surface area contributed by atoms with Gasteiger partial charge in [-0.05, 0) is 32.1 Å². The molecule has 0 amide bonds. The van der Waals surface area contributed by atoms with E-state index in [-0.39, 0.29) is 0 Å². The van der Waals surface area contributed by atoms with Gasteiger partial charge in [0, 0.05) is 17.2 Å². The Bertz CT molecular complexity index is 202. The molecule has 2 fully saturated rings. The first-order chi connectivity index (χ1) is 5.68. The van der Waals surface area contributed by atoms with Crippen molar-refractivity contribution in [2.24, 2.45) is 10.5 Å². The van der Waals surface area contributed by atoms with Gasteiger partial charge >= 0.3 is 0 Å². The molecule has 0 heterocycles. The van der Waals surface area contributed by atoms with Gasteiger partial charge < -0.3 is 5.43 Å². The molecule has 2 rings (SSSR count). The maximum Gasteiger partial charge on any atom is 0.0441 e. The van der Waals surface area contributed by atoms with Crippen LogP contribution in [-0.2, 0) is 0 Å². The van der Waals surface area contributed by atoms with Crippen molar-refractivity contribution in [3.05, 3.63) is 0 Å². The molecule has 0 atom stereocenters. The Morgan fingerprint density at radius 3 is 2.67 bits per heavy atom. The summed E-state index contributed by atoms with van der Waals surface area (Å²) in [7, 11) is 0. The van der Waals surface area contributed by atoms with E-state index in [0.29, 0.717) is 11.5 Å². The number of nitrogens with one attached hydrogen (secondary N) is 1. The second-order valence-corrected chi connectivity index (χ2v) is 4.70. The highest BCUT2D eigenvalue weighted by atomic mass is 15.3. The minimum atomic E-state index is 0.363. The highest BCUT2D eigenvalue weighted by Gasteiger charge is 2.31. The van der Waals surface area contributed by atoms with Gasteiger partial charge in [0.2, 0.25) is 0 Å². The van der Waals surface area contributed by atoms with Crippen LogP contribution in [0.1, 0.15) is 46.0 Å². The molecule has 0 radical (unpaired) electrons. The molecule has 1 N–H and O–H groups in total. The third-order valence-electron chi connectivity index (χ3n) is 2.96. The highest BCUT2D eigenvalue weighted by molar-refractivity contribution is 5.91. The van der Waals surface area contributed by atoms with E-state index in [9.17, 15) is 0 Å². The van der Waals surface area contributed by atoms with Crippen LogP contribution in [0, 0.1) is 5.41 Å². The Morgan fingerprint density at radius 2 is 2.17 bits per heavy atom. The average Bonchev–Trinajstić information content (AvgIpc) is 2.74. The summed E-state index contributed by atoms with van der Waals surface area (Å²) in [5.41, 5.74) is 4.99. The number of rotatable bonds is 2. The lowest BCUT2D eigenvalue weighted by molar-refractivity contribution is 0.507. The predicted octanol–water partition coefficient (Wildman–Crippen LogP) is 2.30. The van der Waals surface area contributed by atoms with Gasteiger partial charge in [-0.25, -0.2) is 0 Å². The second-order valence-electron chi connectivity index (χ2n) is 4.70. The maximum atomic E-state index is 4.50. The molecule has 2 aliphatic carbocycles. The fourth-order valence-electron chi connectivity index (χ4n) is 1.77. The van der Waals surface area contributed by atoms with E-state index >= 15 is 0 Å². The first-order valence-electron chi connectivity index (χ1n) is 5.01. The minimum absolute atomic E-state index is 0.363. The molecule has 2 aliphatic rings. The topological polar surface area (TPSA) is 24.4 Å². The molecule has 2 saturated carbocycles. The van der Waals surface area contributed by atoms with E-state index < -0.39 is 0 Å². The third-order valence-corrected chi connectivity index (χ3v) is 2.96. The molecule has 0 aromatic rings. The van der Waals surface area contributed by atoms with Crippen LogP contribution >= 0.6 is 0 Å². The molecule has 12 heavy (non-hydrogen) atoms. The Hall–Kier alpha value is -0.530.